The van der Waals surface area contributed by atoms with E-state index in [2.05, 4.69) is 5.32 Å². The highest BCUT2D eigenvalue weighted by molar-refractivity contribution is 6.07. The number of amides is 1. The molecule has 0 aliphatic heterocycles. The maximum absolute atomic E-state index is 12.2. The highest BCUT2D eigenvalue weighted by Gasteiger charge is 2.12. The Morgan fingerprint density at radius 1 is 1.30 bits per heavy atom. The molecule has 5 heteroatoms. The van der Waals surface area contributed by atoms with Gasteiger partial charge in [0.05, 0.1) is 35.7 Å². The SMILES string of the molecule is COc1ccccc1C(=O)Nc1ccc(C#N)cc1N. The third-order valence-corrected chi connectivity index (χ3v) is 2.78. The third-order valence-electron chi connectivity index (χ3n) is 2.78. The van der Waals surface area contributed by atoms with E-state index in [0.717, 1.165) is 0 Å². The van der Waals surface area contributed by atoms with E-state index < -0.39 is 0 Å². The molecular formula is C15H13N3O2. The number of methoxy groups -OCH3 is 1. The number of rotatable bonds is 3. The smallest absolute Gasteiger partial charge is 0.259 e. The van der Waals surface area contributed by atoms with Crippen molar-refractivity contribution in [3.8, 4) is 11.8 Å². The van der Waals surface area contributed by atoms with Gasteiger partial charge < -0.3 is 15.8 Å². The van der Waals surface area contributed by atoms with Crippen LogP contribution in [0, 0.1) is 11.3 Å². The summed E-state index contributed by atoms with van der Waals surface area (Å²) in [7, 11) is 1.50. The molecule has 0 bridgehead atoms. The topological polar surface area (TPSA) is 88.1 Å². The number of nitrogens with two attached hydrogens (primary N) is 1. The van der Waals surface area contributed by atoms with Gasteiger partial charge in [0, 0.05) is 0 Å². The second-order valence-corrected chi connectivity index (χ2v) is 4.07. The molecule has 2 aromatic rings. The molecule has 3 N–H and O–H groups in total. The second-order valence-electron chi connectivity index (χ2n) is 4.07. The van der Waals surface area contributed by atoms with Crippen molar-refractivity contribution < 1.29 is 9.53 Å². The van der Waals surface area contributed by atoms with Crippen molar-refractivity contribution in [1.82, 2.24) is 0 Å². The molecule has 1 amide bonds. The zero-order valence-electron chi connectivity index (χ0n) is 10.9. The normalized spacial score (nSPS) is 9.60. The molecule has 2 rings (SSSR count). The van der Waals surface area contributed by atoms with Gasteiger partial charge in [-0.1, -0.05) is 12.1 Å². The van der Waals surface area contributed by atoms with Gasteiger partial charge in [0.15, 0.2) is 0 Å². The first-order valence-electron chi connectivity index (χ1n) is 5.89. The lowest BCUT2D eigenvalue weighted by Gasteiger charge is -2.10. The van der Waals surface area contributed by atoms with Crippen LogP contribution in [0.15, 0.2) is 42.5 Å². The van der Waals surface area contributed by atoms with Crippen LogP contribution in [-0.2, 0) is 0 Å². The standard InChI is InChI=1S/C15H13N3O2/c1-20-14-5-3-2-4-11(14)15(19)18-13-7-6-10(9-16)8-12(13)17/h2-8H,17H2,1H3,(H,18,19). The molecule has 0 aliphatic rings. The number of nitrogen functional groups attached to an aromatic ring is 1. The van der Waals surface area contributed by atoms with E-state index in [9.17, 15) is 4.79 Å². The van der Waals surface area contributed by atoms with Gasteiger partial charge in [-0.3, -0.25) is 4.79 Å². The van der Waals surface area contributed by atoms with Gasteiger partial charge in [0.1, 0.15) is 5.75 Å². The van der Waals surface area contributed by atoms with Crippen LogP contribution < -0.4 is 15.8 Å². The summed E-state index contributed by atoms with van der Waals surface area (Å²) in [5.74, 6) is 0.163. The predicted octanol–water partition coefficient (Wildman–Crippen LogP) is 2.40. The fourth-order valence-corrected chi connectivity index (χ4v) is 1.77. The van der Waals surface area contributed by atoms with Crippen LogP contribution in [0.4, 0.5) is 11.4 Å². The number of para-hydroxylation sites is 1. The number of hydrogen-bond acceptors (Lipinski definition) is 4. The van der Waals surface area contributed by atoms with Gasteiger partial charge >= 0.3 is 0 Å². The number of nitrogens with zero attached hydrogens (tertiary/aromatic N) is 1. The summed E-state index contributed by atoms with van der Waals surface area (Å²) in [5.41, 5.74) is 7.45. The predicted molar refractivity (Wildman–Crippen MR) is 76.5 cm³/mol. The van der Waals surface area contributed by atoms with Gasteiger partial charge in [0.25, 0.3) is 5.91 Å². The molecule has 100 valence electrons. The van der Waals surface area contributed by atoms with Crippen molar-refractivity contribution in [1.29, 1.82) is 5.26 Å². The minimum absolute atomic E-state index is 0.321. The molecule has 20 heavy (non-hydrogen) atoms. The van der Waals surface area contributed by atoms with E-state index in [1.807, 2.05) is 6.07 Å². The van der Waals surface area contributed by atoms with E-state index in [4.69, 9.17) is 15.7 Å². The number of nitriles is 1. The van der Waals surface area contributed by atoms with Crippen molar-refractivity contribution in [2.75, 3.05) is 18.2 Å². The molecule has 0 spiro atoms. The molecule has 0 aliphatic carbocycles. The number of carbonyl (C=O) groups excluding carboxylic acids is 1. The average Bonchev–Trinajstić information content (AvgIpc) is 2.49. The van der Waals surface area contributed by atoms with E-state index in [1.54, 1.807) is 36.4 Å². The van der Waals surface area contributed by atoms with E-state index >= 15 is 0 Å². The first-order chi connectivity index (χ1) is 9.65. The Morgan fingerprint density at radius 2 is 2.05 bits per heavy atom. The maximum atomic E-state index is 12.2. The number of nitrogens with one attached hydrogen (secondary N) is 1. The molecule has 0 saturated heterocycles. The van der Waals surface area contributed by atoms with Crippen LogP contribution in [0.25, 0.3) is 0 Å². The fourth-order valence-electron chi connectivity index (χ4n) is 1.77. The van der Waals surface area contributed by atoms with Crippen LogP contribution in [-0.4, -0.2) is 13.0 Å². The lowest BCUT2D eigenvalue weighted by molar-refractivity contribution is 0.102. The summed E-state index contributed by atoms with van der Waals surface area (Å²) < 4.78 is 5.14. The molecular weight excluding hydrogens is 254 g/mol. The summed E-state index contributed by atoms with van der Waals surface area (Å²) in [6.45, 7) is 0. The highest BCUT2D eigenvalue weighted by Crippen LogP contribution is 2.23. The van der Waals surface area contributed by atoms with Crippen LogP contribution in [0.2, 0.25) is 0 Å². The molecule has 0 heterocycles. The van der Waals surface area contributed by atoms with Crippen molar-refractivity contribution in [2.45, 2.75) is 0 Å². The van der Waals surface area contributed by atoms with Gasteiger partial charge in [-0.05, 0) is 30.3 Å². The van der Waals surface area contributed by atoms with Gasteiger partial charge in [-0.2, -0.15) is 5.26 Å². The zero-order chi connectivity index (χ0) is 14.5. The summed E-state index contributed by atoms with van der Waals surface area (Å²) in [4.78, 5) is 12.2. The molecule has 0 fully saturated rings. The van der Waals surface area contributed by atoms with Crippen LogP contribution >= 0.6 is 0 Å². The number of hydrogen-bond donors (Lipinski definition) is 2. The molecule has 5 nitrogen and oxygen atoms in total. The Morgan fingerprint density at radius 3 is 2.70 bits per heavy atom. The number of benzene rings is 2. The number of anilines is 2. The Balaban J connectivity index is 2.26. The van der Waals surface area contributed by atoms with E-state index in [1.165, 1.54) is 13.2 Å². The number of carbonyl (C=O) groups is 1. The largest absolute Gasteiger partial charge is 0.496 e. The van der Waals surface area contributed by atoms with Crippen LogP contribution in [0.1, 0.15) is 15.9 Å². The van der Waals surface area contributed by atoms with E-state index in [0.29, 0.717) is 28.3 Å². The van der Waals surface area contributed by atoms with Crippen molar-refractivity contribution in [3.05, 3.63) is 53.6 Å². The van der Waals surface area contributed by atoms with Gasteiger partial charge in [0.2, 0.25) is 0 Å². The lowest BCUT2D eigenvalue weighted by atomic mass is 10.1. The summed E-state index contributed by atoms with van der Waals surface area (Å²) in [6, 6.07) is 13.6. The summed E-state index contributed by atoms with van der Waals surface area (Å²) in [6.07, 6.45) is 0. The Hall–Kier alpha value is -3.00. The summed E-state index contributed by atoms with van der Waals surface area (Å²) in [5, 5.41) is 11.5. The Kier molecular flexibility index (Phi) is 3.87. The van der Waals surface area contributed by atoms with Crippen molar-refractivity contribution >= 4 is 17.3 Å². The van der Waals surface area contributed by atoms with Gasteiger partial charge in [-0.15, -0.1) is 0 Å². The highest BCUT2D eigenvalue weighted by atomic mass is 16.5. The first kappa shape index (κ1) is 13.4. The molecule has 0 radical (unpaired) electrons. The molecule has 0 atom stereocenters. The third kappa shape index (κ3) is 2.70. The second kappa shape index (κ2) is 5.76. The molecule has 0 saturated carbocycles. The van der Waals surface area contributed by atoms with Crippen molar-refractivity contribution in [2.24, 2.45) is 0 Å². The monoisotopic (exact) mass is 267 g/mol. The zero-order valence-corrected chi connectivity index (χ0v) is 10.9. The average molecular weight is 267 g/mol. The van der Waals surface area contributed by atoms with Crippen molar-refractivity contribution in [3.63, 3.8) is 0 Å². The summed E-state index contributed by atoms with van der Waals surface area (Å²) >= 11 is 0. The Bertz CT molecular complexity index is 690. The molecule has 0 unspecified atom stereocenters. The van der Waals surface area contributed by atoms with Crippen LogP contribution in [0.3, 0.4) is 0 Å². The van der Waals surface area contributed by atoms with Crippen LogP contribution in [0.5, 0.6) is 5.75 Å². The van der Waals surface area contributed by atoms with Gasteiger partial charge in [-0.25, -0.2) is 0 Å². The minimum Gasteiger partial charge on any atom is -0.496 e. The fraction of sp³-hybridized carbons (Fsp3) is 0.0667. The quantitative estimate of drug-likeness (QED) is 0.836. The number of ether oxygens (including phenoxy) is 1. The van der Waals surface area contributed by atoms with E-state index in [-0.39, 0.29) is 5.91 Å². The maximum Gasteiger partial charge on any atom is 0.259 e. The molecule has 2 aromatic carbocycles. The Labute approximate surface area is 116 Å². The first-order valence-corrected chi connectivity index (χ1v) is 5.89. The molecule has 0 aromatic heterocycles. The lowest BCUT2D eigenvalue weighted by Crippen LogP contribution is -2.14. The minimum atomic E-state index is -0.321.